The molecule has 0 radical (unpaired) electrons. The molecule has 0 saturated carbocycles. The summed E-state index contributed by atoms with van der Waals surface area (Å²) >= 11 is 12.0. The molecule has 0 fully saturated rings. The molecule has 0 aliphatic rings. The van der Waals surface area contributed by atoms with Gasteiger partial charge in [0.05, 0.1) is 33.7 Å². The van der Waals surface area contributed by atoms with Crippen LogP contribution in [-0.4, -0.2) is 17.0 Å². The second-order valence-corrected chi connectivity index (χ2v) is 7.07. The van der Waals surface area contributed by atoms with Crippen LogP contribution in [0.15, 0.2) is 54.6 Å². The van der Waals surface area contributed by atoms with Gasteiger partial charge in [-0.05, 0) is 42.0 Å². The molecule has 9 nitrogen and oxygen atoms in total. The molecule has 0 spiro atoms. The molecule has 3 rings (SSSR count). The average Bonchev–Trinajstić information content (AvgIpc) is 2.73. The number of nitrogens with one attached hydrogen (secondary N) is 1. The number of non-ortho nitro benzene ring substituents is 1. The number of hydrogen-bond donors (Lipinski definition) is 1. The van der Waals surface area contributed by atoms with Crippen molar-refractivity contribution in [3.05, 3.63) is 90.4 Å². The maximum Gasteiger partial charge on any atom is 0.318 e. The van der Waals surface area contributed by atoms with Gasteiger partial charge in [0, 0.05) is 17.6 Å². The van der Waals surface area contributed by atoms with Crippen molar-refractivity contribution in [2.45, 2.75) is 6.54 Å². The van der Waals surface area contributed by atoms with E-state index < -0.39 is 21.2 Å². The summed E-state index contributed by atoms with van der Waals surface area (Å²) in [6.45, 7) is 0.412. The molecule has 3 aromatic rings. The van der Waals surface area contributed by atoms with Crippen molar-refractivity contribution in [1.29, 1.82) is 0 Å². The van der Waals surface area contributed by atoms with E-state index in [0.29, 0.717) is 28.0 Å². The summed E-state index contributed by atoms with van der Waals surface area (Å²) < 4.78 is 11.0. The van der Waals surface area contributed by atoms with Gasteiger partial charge < -0.3 is 14.8 Å². The Hall–Kier alpha value is -3.56. The lowest BCUT2D eigenvalue weighted by molar-refractivity contribution is -0.394. The fourth-order valence-corrected chi connectivity index (χ4v) is 3.18. The number of rotatable bonds is 8. The van der Waals surface area contributed by atoms with Gasteiger partial charge in [-0.2, -0.15) is 0 Å². The summed E-state index contributed by atoms with van der Waals surface area (Å²) in [6, 6.07) is 13.3. The standard InChI is InChI=1S/C20H15Cl2N3O6/c1-30-20-8-12(11-23-16-5-3-13(21)9-15(16)22)2-6-19(20)31-18-7-4-14(24(26)27)10-17(18)25(28)29/h2-10,23H,11H2,1H3. The molecule has 0 amide bonds. The molecule has 3 aromatic carbocycles. The van der Waals surface area contributed by atoms with Crippen molar-refractivity contribution < 1.29 is 19.3 Å². The van der Waals surface area contributed by atoms with Crippen LogP contribution in [0.1, 0.15) is 5.56 Å². The van der Waals surface area contributed by atoms with Crippen LogP contribution in [-0.2, 0) is 6.54 Å². The maximum absolute atomic E-state index is 11.3. The first-order valence-electron chi connectivity index (χ1n) is 8.75. The SMILES string of the molecule is COc1cc(CNc2ccc(Cl)cc2Cl)ccc1Oc1ccc([N+](=O)[O-])cc1[N+](=O)[O-]. The van der Waals surface area contributed by atoms with E-state index in [-0.39, 0.29) is 11.5 Å². The van der Waals surface area contributed by atoms with Crippen LogP contribution in [0.25, 0.3) is 0 Å². The number of halogens is 2. The maximum atomic E-state index is 11.3. The highest BCUT2D eigenvalue weighted by atomic mass is 35.5. The molecule has 11 heteroatoms. The predicted octanol–water partition coefficient (Wildman–Crippen LogP) is 6.22. The Balaban J connectivity index is 1.82. The van der Waals surface area contributed by atoms with Gasteiger partial charge in [0.1, 0.15) is 0 Å². The molecule has 0 aromatic heterocycles. The van der Waals surface area contributed by atoms with Crippen LogP contribution < -0.4 is 14.8 Å². The molecule has 0 unspecified atom stereocenters. The smallest absolute Gasteiger partial charge is 0.318 e. The van der Waals surface area contributed by atoms with Gasteiger partial charge in [-0.3, -0.25) is 20.2 Å². The van der Waals surface area contributed by atoms with Crippen molar-refractivity contribution in [3.8, 4) is 17.2 Å². The van der Waals surface area contributed by atoms with Gasteiger partial charge >= 0.3 is 5.69 Å². The minimum absolute atomic E-state index is 0.146. The molecule has 0 heterocycles. The third-order valence-electron chi connectivity index (χ3n) is 4.21. The van der Waals surface area contributed by atoms with Crippen molar-refractivity contribution in [2.75, 3.05) is 12.4 Å². The molecule has 0 aliphatic heterocycles. The zero-order chi connectivity index (χ0) is 22.5. The topological polar surface area (TPSA) is 117 Å². The molecule has 1 N–H and O–H groups in total. The average molecular weight is 464 g/mol. The quantitative estimate of drug-likeness (QED) is 0.311. The first-order valence-corrected chi connectivity index (χ1v) is 9.50. The van der Waals surface area contributed by atoms with Crippen LogP contribution in [0, 0.1) is 20.2 Å². The van der Waals surface area contributed by atoms with Gasteiger partial charge in [-0.1, -0.05) is 29.3 Å². The summed E-state index contributed by atoms with van der Waals surface area (Å²) in [5.74, 6) is 0.398. The predicted molar refractivity (Wildman–Crippen MR) is 117 cm³/mol. The van der Waals surface area contributed by atoms with Crippen LogP contribution in [0.5, 0.6) is 17.2 Å². The van der Waals surface area contributed by atoms with E-state index in [0.717, 1.165) is 17.7 Å². The fourth-order valence-electron chi connectivity index (χ4n) is 2.70. The molecule has 0 saturated heterocycles. The lowest BCUT2D eigenvalue weighted by atomic mass is 10.2. The van der Waals surface area contributed by atoms with Crippen LogP contribution >= 0.6 is 23.2 Å². The minimum atomic E-state index is -0.747. The normalized spacial score (nSPS) is 10.4. The summed E-state index contributed by atoms with van der Waals surface area (Å²) in [4.78, 5) is 20.7. The van der Waals surface area contributed by atoms with E-state index in [1.54, 1.807) is 36.4 Å². The van der Waals surface area contributed by atoms with Crippen LogP contribution in [0.2, 0.25) is 10.0 Å². The number of nitro benzene ring substituents is 2. The molecular formula is C20H15Cl2N3O6. The molecule has 0 atom stereocenters. The Labute approximate surface area is 186 Å². The molecular weight excluding hydrogens is 449 g/mol. The van der Waals surface area contributed by atoms with E-state index in [1.807, 2.05) is 0 Å². The van der Waals surface area contributed by atoms with Gasteiger partial charge in [0.15, 0.2) is 11.5 Å². The number of methoxy groups -OCH3 is 1. The Bertz CT molecular complexity index is 1160. The Morgan fingerprint density at radius 3 is 2.29 bits per heavy atom. The number of benzene rings is 3. The molecule has 31 heavy (non-hydrogen) atoms. The molecule has 0 bridgehead atoms. The van der Waals surface area contributed by atoms with E-state index in [9.17, 15) is 20.2 Å². The van der Waals surface area contributed by atoms with E-state index in [4.69, 9.17) is 32.7 Å². The third-order valence-corrected chi connectivity index (χ3v) is 4.76. The fraction of sp³-hybridized carbons (Fsp3) is 0.100. The van der Waals surface area contributed by atoms with E-state index >= 15 is 0 Å². The highest BCUT2D eigenvalue weighted by molar-refractivity contribution is 6.36. The lowest BCUT2D eigenvalue weighted by Crippen LogP contribution is -2.01. The highest BCUT2D eigenvalue weighted by Gasteiger charge is 2.22. The first-order chi connectivity index (χ1) is 14.8. The third kappa shape index (κ3) is 5.33. The zero-order valence-electron chi connectivity index (χ0n) is 16.0. The largest absolute Gasteiger partial charge is 0.493 e. The molecule has 0 aliphatic carbocycles. The van der Waals surface area contributed by atoms with Gasteiger partial charge in [-0.25, -0.2) is 0 Å². The summed E-state index contributed by atoms with van der Waals surface area (Å²) in [5, 5.41) is 26.4. The number of ether oxygens (including phenoxy) is 2. The van der Waals surface area contributed by atoms with Gasteiger partial charge in [0.25, 0.3) is 5.69 Å². The summed E-state index contributed by atoms with van der Waals surface area (Å²) in [7, 11) is 1.43. The molecule has 160 valence electrons. The van der Waals surface area contributed by atoms with Crippen LogP contribution in [0.4, 0.5) is 17.1 Å². The Morgan fingerprint density at radius 1 is 0.903 bits per heavy atom. The van der Waals surface area contributed by atoms with Crippen molar-refractivity contribution in [2.24, 2.45) is 0 Å². The van der Waals surface area contributed by atoms with Gasteiger partial charge in [0.2, 0.25) is 5.75 Å². The number of anilines is 1. The van der Waals surface area contributed by atoms with Crippen LogP contribution in [0.3, 0.4) is 0 Å². The van der Waals surface area contributed by atoms with E-state index in [2.05, 4.69) is 5.32 Å². The van der Waals surface area contributed by atoms with E-state index in [1.165, 1.54) is 13.2 Å². The first kappa shape index (κ1) is 22.1. The number of nitro groups is 2. The highest BCUT2D eigenvalue weighted by Crippen LogP contribution is 2.38. The number of hydrogen-bond acceptors (Lipinski definition) is 7. The zero-order valence-corrected chi connectivity index (χ0v) is 17.5. The summed E-state index contributed by atoms with van der Waals surface area (Å²) in [5.41, 5.74) is 0.591. The van der Waals surface area contributed by atoms with Crippen molar-refractivity contribution in [3.63, 3.8) is 0 Å². The lowest BCUT2D eigenvalue weighted by Gasteiger charge is -2.13. The summed E-state index contributed by atoms with van der Waals surface area (Å²) in [6.07, 6.45) is 0. The number of nitrogens with zero attached hydrogens (tertiary/aromatic N) is 2. The second kappa shape index (κ2) is 9.50. The van der Waals surface area contributed by atoms with Gasteiger partial charge in [-0.15, -0.1) is 0 Å². The Morgan fingerprint density at radius 2 is 1.65 bits per heavy atom. The Kier molecular flexibility index (Phi) is 6.78. The second-order valence-electron chi connectivity index (χ2n) is 6.23. The minimum Gasteiger partial charge on any atom is -0.493 e. The van der Waals surface area contributed by atoms with Crippen molar-refractivity contribution >= 4 is 40.3 Å². The monoisotopic (exact) mass is 463 g/mol. The van der Waals surface area contributed by atoms with Crippen molar-refractivity contribution in [1.82, 2.24) is 0 Å².